The summed E-state index contributed by atoms with van der Waals surface area (Å²) in [6.45, 7) is 14.8. The Balaban J connectivity index is 1.78. The van der Waals surface area contributed by atoms with Crippen molar-refractivity contribution in [2.45, 2.75) is 65.5 Å². The van der Waals surface area contributed by atoms with E-state index >= 15 is 0 Å². The Hall–Kier alpha value is -1.56. The minimum Gasteiger partial charge on any atom is -0.443 e. The first-order chi connectivity index (χ1) is 11.8. The molecule has 0 aliphatic carbocycles. The number of rotatable bonds is 5. The van der Waals surface area contributed by atoms with Gasteiger partial charge < -0.3 is 20.0 Å². The molecule has 0 spiro atoms. The Morgan fingerprint density at radius 1 is 1.40 bits per heavy atom. The summed E-state index contributed by atoms with van der Waals surface area (Å²) in [5.41, 5.74) is -0.0194. The number of piperidine rings is 1. The molecule has 1 unspecified atom stereocenters. The van der Waals surface area contributed by atoms with Crippen LogP contribution in [-0.4, -0.2) is 48.6 Å². The zero-order valence-electron chi connectivity index (χ0n) is 16.7. The zero-order chi connectivity index (χ0) is 18.4. The topological polar surface area (TPSA) is 65.7 Å². The Labute approximate surface area is 152 Å². The molecule has 0 bridgehead atoms. The predicted octanol–water partition coefficient (Wildman–Crippen LogP) is 2.76. The third-order valence-corrected chi connectivity index (χ3v) is 4.76. The van der Waals surface area contributed by atoms with E-state index in [9.17, 15) is 0 Å². The normalized spacial score (nSPS) is 20.1. The first kappa shape index (κ1) is 19.8. The van der Waals surface area contributed by atoms with E-state index < -0.39 is 0 Å². The molecule has 1 saturated heterocycles. The van der Waals surface area contributed by atoms with E-state index in [4.69, 9.17) is 4.42 Å². The molecule has 6 heteroatoms. The molecule has 0 radical (unpaired) electrons. The van der Waals surface area contributed by atoms with Crippen LogP contribution in [0.4, 0.5) is 0 Å². The maximum atomic E-state index is 5.81. The summed E-state index contributed by atoms with van der Waals surface area (Å²) in [4.78, 5) is 11.2. The Kier molecular flexibility index (Phi) is 6.87. The van der Waals surface area contributed by atoms with E-state index in [2.05, 4.69) is 60.1 Å². The number of nitrogens with zero attached hydrogens (tertiary/aromatic N) is 3. The molecule has 25 heavy (non-hydrogen) atoms. The lowest BCUT2D eigenvalue weighted by atomic mass is 9.94. The fourth-order valence-corrected chi connectivity index (χ4v) is 3.09. The van der Waals surface area contributed by atoms with E-state index in [0.717, 1.165) is 24.8 Å². The van der Waals surface area contributed by atoms with Gasteiger partial charge in [0, 0.05) is 31.6 Å². The molecule has 1 fully saturated rings. The SMILES string of the molecule is CN=C(NCc1ncc(C(C)(C)C)o1)NCC1CCCN(C(C)C)C1. The van der Waals surface area contributed by atoms with Gasteiger partial charge in [-0.05, 0) is 39.2 Å². The van der Waals surface area contributed by atoms with Crippen molar-refractivity contribution in [1.29, 1.82) is 0 Å². The van der Waals surface area contributed by atoms with E-state index in [1.807, 2.05) is 6.20 Å². The smallest absolute Gasteiger partial charge is 0.213 e. The number of aromatic nitrogens is 1. The van der Waals surface area contributed by atoms with Gasteiger partial charge in [-0.3, -0.25) is 4.99 Å². The van der Waals surface area contributed by atoms with Crippen molar-refractivity contribution in [2.24, 2.45) is 10.9 Å². The summed E-state index contributed by atoms with van der Waals surface area (Å²) >= 11 is 0. The number of guanidine groups is 1. The van der Waals surface area contributed by atoms with Crippen LogP contribution in [-0.2, 0) is 12.0 Å². The van der Waals surface area contributed by atoms with Gasteiger partial charge in [0.05, 0.1) is 12.7 Å². The molecule has 0 saturated carbocycles. The third kappa shape index (κ3) is 6.03. The zero-order valence-corrected chi connectivity index (χ0v) is 16.7. The van der Waals surface area contributed by atoms with E-state index in [1.165, 1.54) is 19.4 Å². The van der Waals surface area contributed by atoms with Crippen LogP contribution < -0.4 is 10.6 Å². The highest BCUT2D eigenvalue weighted by Gasteiger charge is 2.22. The summed E-state index contributed by atoms with van der Waals surface area (Å²) in [6.07, 6.45) is 4.38. The van der Waals surface area contributed by atoms with E-state index in [0.29, 0.717) is 24.4 Å². The lowest BCUT2D eigenvalue weighted by molar-refractivity contribution is 0.141. The van der Waals surface area contributed by atoms with Crippen LogP contribution in [0.2, 0.25) is 0 Å². The number of nitrogens with one attached hydrogen (secondary N) is 2. The standard InChI is InChI=1S/C19H35N5O/c1-14(2)24-9-7-8-15(13-24)10-22-18(20-6)23-12-17-21-11-16(25-17)19(3,4)5/h11,14-15H,7-10,12-13H2,1-6H3,(H2,20,22,23). The van der Waals surface area contributed by atoms with Gasteiger partial charge in [-0.2, -0.15) is 0 Å². The largest absolute Gasteiger partial charge is 0.443 e. The predicted molar refractivity (Wildman–Crippen MR) is 103 cm³/mol. The van der Waals surface area contributed by atoms with Crippen LogP contribution in [0.25, 0.3) is 0 Å². The van der Waals surface area contributed by atoms with Crippen molar-refractivity contribution in [3.05, 3.63) is 17.8 Å². The summed E-state index contributed by atoms with van der Waals surface area (Å²) in [5.74, 6) is 3.07. The highest BCUT2D eigenvalue weighted by Crippen LogP contribution is 2.22. The molecule has 1 aliphatic heterocycles. The highest BCUT2D eigenvalue weighted by molar-refractivity contribution is 5.79. The summed E-state index contributed by atoms with van der Waals surface area (Å²) in [7, 11) is 1.80. The average Bonchev–Trinajstić information content (AvgIpc) is 3.04. The second-order valence-electron chi connectivity index (χ2n) is 8.27. The third-order valence-electron chi connectivity index (χ3n) is 4.76. The second-order valence-corrected chi connectivity index (χ2v) is 8.27. The van der Waals surface area contributed by atoms with Crippen LogP contribution in [0.15, 0.2) is 15.6 Å². The maximum Gasteiger partial charge on any atom is 0.213 e. The van der Waals surface area contributed by atoms with Crippen LogP contribution in [0, 0.1) is 5.92 Å². The second kappa shape index (κ2) is 8.70. The van der Waals surface area contributed by atoms with Crippen molar-refractivity contribution in [1.82, 2.24) is 20.5 Å². The number of hydrogen-bond acceptors (Lipinski definition) is 4. The molecule has 1 aromatic rings. The fourth-order valence-electron chi connectivity index (χ4n) is 3.09. The minimum absolute atomic E-state index is 0.0194. The molecule has 1 aliphatic rings. The quantitative estimate of drug-likeness (QED) is 0.632. The number of oxazole rings is 1. The molecule has 1 aromatic heterocycles. The maximum absolute atomic E-state index is 5.81. The lowest BCUT2D eigenvalue weighted by Gasteiger charge is -2.35. The van der Waals surface area contributed by atoms with Crippen molar-refractivity contribution in [3.8, 4) is 0 Å². The van der Waals surface area contributed by atoms with Gasteiger partial charge >= 0.3 is 0 Å². The van der Waals surface area contributed by atoms with Crippen LogP contribution in [0.5, 0.6) is 0 Å². The van der Waals surface area contributed by atoms with E-state index in [-0.39, 0.29) is 5.41 Å². The molecule has 2 rings (SSSR count). The van der Waals surface area contributed by atoms with Gasteiger partial charge in [-0.15, -0.1) is 0 Å². The minimum atomic E-state index is -0.0194. The molecule has 1 atom stereocenters. The molecule has 0 amide bonds. The van der Waals surface area contributed by atoms with Crippen LogP contribution >= 0.6 is 0 Å². The molecular weight excluding hydrogens is 314 g/mol. The van der Waals surface area contributed by atoms with Gasteiger partial charge in [0.25, 0.3) is 0 Å². The Bertz CT molecular complexity index is 558. The van der Waals surface area contributed by atoms with E-state index in [1.54, 1.807) is 7.05 Å². The van der Waals surface area contributed by atoms with Gasteiger partial charge in [-0.1, -0.05) is 20.8 Å². The molecule has 0 aromatic carbocycles. The van der Waals surface area contributed by atoms with Crippen molar-refractivity contribution < 1.29 is 4.42 Å². The van der Waals surface area contributed by atoms with Crippen LogP contribution in [0.1, 0.15) is 59.1 Å². The molecule has 2 N–H and O–H groups in total. The summed E-state index contributed by atoms with van der Waals surface area (Å²) in [6, 6.07) is 0.627. The number of hydrogen-bond donors (Lipinski definition) is 2. The lowest BCUT2D eigenvalue weighted by Crippen LogP contribution is -2.46. The Morgan fingerprint density at radius 3 is 2.76 bits per heavy atom. The number of likely N-dealkylation sites (tertiary alicyclic amines) is 1. The summed E-state index contributed by atoms with van der Waals surface area (Å²) < 4.78 is 5.81. The first-order valence-corrected chi connectivity index (χ1v) is 9.43. The highest BCUT2D eigenvalue weighted by atomic mass is 16.4. The molecular formula is C19H35N5O. The van der Waals surface area contributed by atoms with Crippen molar-refractivity contribution in [2.75, 3.05) is 26.7 Å². The van der Waals surface area contributed by atoms with Crippen LogP contribution in [0.3, 0.4) is 0 Å². The Morgan fingerprint density at radius 2 is 2.16 bits per heavy atom. The van der Waals surface area contributed by atoms with Gasteiger partial charge in [0.15, 0.2) is 5.96 Å². The van der Waals surface area contributed by atoms with Gasteiger partial charge in [0.1, 0.15) is 5.76 Å². The molecule has 6 nitrogen and oxygen atoms in total. The molecule has 2 heterocycles. The van der Waals surface area contributed by atoms with Gasteiger partial charge in [-0.25, -0.2) is 4.98 Å². The van der Waals surface area contributed by atoms with Crippen molar-refractivity contribution >= 4 is 5.96 Å². The first-order valence-electron chi connectivity index (χ1n) is 9.43. The fraction of sp³-hybridized carbons (Fsp3) is 0.789. The average molecular weight is 350 g/mol. The van der Waals surface area contributed by atoms with Gasteiger partial charge in [0.2, 0.25) is 5.89 Å². The summed E-state index contributed by atoms with van der Waals surface area (Å²) in [5, 5.41) is 6.74. The van der Waals surface area contributed by atoms with Crippen molar-refractivity contribution in [3.63, 3.8) is 0 Å². The number of aliphatic imine (C=N–C) groups is 1. The monoisotopic (exact) mass is 349 g/mol. The molecule has 142 valence electrons.